The van der Waals surface area contributed by atoms with E-state index < -0.39 is 21.2 Å². The third kappa shape index (κ3) is 3.84. The van der Waals surface area contributed by atoms with Gasteiger partial charge in [-0.1, -0.05) is 76.6 Å². The number of hydrogen-bond acceptors (Lipinski definition) is 3. The highest BCUT2D eigenvalue weighted by atomic mass is 79.9. The van der Waals surface area contributed by atoms with Crippen LogP contribution in [0.25, 0.3) is 0 Å². The molecular weight excluding hydrogens is 400 g/mol. The molecule has 0 atom stereocenters. The Hall–Kier alpha value is -1.95. The highest BCUT2D eigenvalue weighted by Crippen LogP contribution is 2.33. The van der Waals surface area contributed by atoms with Gasteiger partial charge in [-0.05, 0) is 35.4 Å². The first kappa shape index (κ1) is 17.9. The first-order valence-corrected chi connectivity index (χ1v) is 10.2. The van der Waals surface area contributed by atoms with E-state index in [0.29, 0.717) is 11.1 Å². The lowest BCUT2D eigenvalue weighted by Gasteiger charge is -2.29. The molecule has 0 radical (unpaired) electrons. The molecule has 0 fully saturated rings. The third-order valence-electron chi connectivity index (χ3n) is 4.07. The van der Waals surface area contributed by atoms with Crippen LogP contribution < -0.4 is 0 Å². The van der Waals surface area contributed by atoms with Gasteiger partial charge < -0.3 is 5.11 Å². The van der Waals surface area contributed by atoms with E-state index in [9.17, 15) is 13.5 Å². The lowest BCUT2D eigenvalue weighted by molar-refractivity contribution is 0.105. The molecule has 128 valence electrons. The number of aliphatic hydroxyl groups is 1. The fraction of sp³-hybridized carbons (Fsp3) is 0.100. The van der Waals surface area contributed by atoms with Crippen LogP contribution in [0.3, 0.4) is 0 Å². The molecule has 0 heterocycles. The lowest BCUT2D eigenvalue weighted by atomic mass is 9.88. The number of benzene rings is 3. The van der Waals surface area contributed by atoms with Gasteiger partial charge in [-0.2, -0.15) is 0 Å². The maximum atomic E-state index is 12.9. The third-order valence-corrected chi connectivity index (χ3v) is 6.39. The van der Waals surface area contributed by atoms with Crippen molar-refractivity contribution < 1.29 is 13.5 Å². The maximum Gasteiger partial charge on any atom is 0.181 e. The summed E-state index contributed by atoms with van der Waals surface area (Å²) in [5, 5.41) is 11.4. The van der Waals surface area contributed by atoms with Crippen LogP contribution in [-0.4, -0.2) is 19.3 Å². The van der Waals surface area contributed by atoms with Crippen LogP contribution in [0.4, 0.5) is 0 Å². The second-order valence-corrected chi connectivity index (χ2v) is 8.71. The van der Waals surface area contributed by atoms with Crippen molar-refractivity contribution in [2.45, 2.75) is 10.5 Å². The molecule has 3 nitrogen and oxygen atoms in total. The van der Waals surface area contributed by atoms with Gasteiger partial charge in [0.05, 0.1) is 10.6 Å². The Bertz CT molecular complexity index is 898. The molecular formula is C20H17BrO3S. The number of halogens is 1. The predicted molar refractivity (Wildman–Crippen MR) is 102 cm³/mol. The van der Waals surface area contributed by atoms with Gasteiger partial charge in [-0.25, -0.2) is 8.42 Å². The zero-order chi connectivity index (χ0) is 17.9. The Morgan fingerprint density at radius 3 is 1.64 bits per heavy atom. The highest BCUT2D eigenvalue weighted by Gasteiger charge is 2.37. The van der Waals surface area contributed by atoms with Crippen molar-refractivity contribution in [2.75, 3.05) is 5.75 Å². The van der Waals surface area contributed by atoms with Crippen LogP contribution in [0.5, 0.6) is 0 Å². The molecule has 0 amide bonds. The van der Waals surface area contributed by atoms with Gasteiger partial charge in [0, 0.05) is 4.47 Å². The minimum absolute atomic E-state index is 0.181. The van der Waals surface area contributed by atoms with Gasteiger partial charge in [0.25, 0.3) is 0 Å². The standard InChI is InChI=1S/C20H17BrO3S/c21-18-11-13-19(14-12-18)25(23,24)15-20(22,16-7-3-1-4-8-16)17-9-5-2-6-10-17/h1-14,22H,15H2. The highest BCUT2D eigenvalue weighted by molar-refractivity contribution is 9.10. The van der Waals surface area contributed by atoms with Gasteiger partial charge in [0.2, 0.25) is 0 Å². The second kappa shape index (κ2) is 7.12. The monoisotopic (exact) mass is 416 g/mol. The van der Waals surface area contributed by atoms with E-state index in [1.54, 1.807) is 60.7 Å². The van der Waals surface area contributed by atoms with E-state index >= 15 is 0 Å². The fourth-order valence-corrected chi connectivity index (χ4v) is 4.63. The number of rotatable bonds is 5. The molecule has 0 spiro atoms. The molecule has 1 N–H and O–H groups in total. The zero-order valence-corrected chi connectivity index (χ0v) is 15.7. The Kier molecular flexibility index (Phi) is 5.08. The second-order valence-electron chi connectivity index (χ2n) is 5.81. The Morgan fingerprint density at radius 1 is 0.760 bits per heavy atom. The van der Waals surface area contributed by atoms with Gasteiger partial charge >= 0.3 is 0 Å². The molecule has 3 rings (SSSR count). The summed E-state index contributed by atoms with van der Waals surface area (Å²) in [7, 11) is -3.70. The van der Waals surface area contributed by atoms with Crippen LogP contribution >= 0.6 is 15.9 Å². The van der Waals surface area contributed by atoms with Crippen molar-refractivity contribution in [2.24, 2.45) is 0 Å². The van der Waals surface area contributed by atoms with Crippen molar-refractivity contribution in [1.82, 2.24) is 0 Å². The van der Waals surface area contributed by atoms with Crippen LogP contribution in [0, 0.1) is 0 Å². The molecule has 0 unspecified atom stereocenters. The SMILES string of the molecule is O=S(=O)(CC(O)(c1ccccc1)c1ccccc1)c1ccc(Br)cc1. The van der Waals surface area contributed by atoms with Crippen LogP contribution in [0.1, 0.15) is 11.1 Å². The van der Waals surface area contributed by atoms with Crippen molar-refractivity contribution in [3.8, 4) is 0 Å². The molecule has 0 aliphatic carbocycles. The van der Waals surface area contributed by atoms with E-state index in [1.165, 1.54) is 12.1 Å². The lowest BCUT2D eigenvalue weighted by Crippen LogP contribution is -2.35. The summed E-state index contributed by atoms with van der Waals surface area (Å²) in [5.41, 5.74) is -0.544. The predicted octanol–water partition coefficient (Wildman–Crippen LogP) is 4.16. The summed E-state index contributed by atoms with van der Waals surface area (Å²) in [4.78, 5) is 0.181. The Morgan fingerprint density at radius 2 is 1.20 bits per heavy atom. The number of hydrogen-bond donors (Lipinski definition) is 1. The maximum absolute atomic E-state index is 12.9. The normalized spacial score (nSPS) is 12.1. The molecule has 0 saturated carbocycles. The Labute approximate surface area is 156 Å². The van der Waals surface area contributed by atoms with E-state index in [-0.39, 0.29) is 4.90 Å². The summed E-state index contributed by atoms with van der Waals surface area (Å²) in [6, 6.07) is 24.2. The topological polar surface area (TPSA) is 54.4 Å². The van der Waals surface area contributed by atoms with Crippen LogP contribution in [0.2, 0.25) is 0 Å². The van der Waals surface area contributed by atoms with Crippen molar-refractivity contribution in [1.29, 1.82) is 0 Å². The van der Waals surface area contributed by atoms with Crippen molar-refractivity contribution in [3.05, 3.63) is 101 Å². The van der Waals surface area contributed by atoms with Gasteiger partial charge in [-0.3, -0.25) is 0 Å². The smallest absolute Gasteiger partial charge is 0.181 e. The molecule has 0 aliphatic heterocycles. The fourth-order valence-electron chi connectivity index (χ4n) is 2.76. The first-order valence-electron chi connectivity index (χ1n) is 7.74. The van der Waals surface area contributed by atoms with Crippen LogP contribution in [0.15, 0.2) is 94.3 Å². The molecule has 5 heteroatoms. The summed E-state index contributed by atoms with van der Waals surface area (Å²) in [6.45, 7) is 0. The van der Waals surface area contributed by atoms with Gasteiger partial charge in [0.1, 0.15) is 5.60 Å². The summed E-state index contributed by atoms with van der Waals surface area (Å²) in [5.74, 6) is -0.435. The minimum Gasteiger partial charge on any atom is -0.379 e. The van der Waals surface area contributed by atoms with Crippen molar-refractivity contribution in [3.63, 3.8) is 0 Å². The van der Waals surface area contributed by atoms with Gasteiger partial charge in [0.15, 0.2) is 9.84 Å². The van der Waals surface area contributed by atoms with Gasteiger partial charge in [-0.15, -0.1) is 0 Å². The summed E-state index contributed by atoms with van der Waals surface area (Å²) >= 11 is 3.30. The minimum atomic E-state index is -3.70. The quantitative estimate of drug-likeness (QED) is 0.679. The summed E-state index contributed by atoms with van der Waals surface area (Å²) in [6.07, 6.45) is 0. The molecule has 0 aromatic heterocycles. The zero-order valence-electron chi connectivity index (χ0n) is 13.3. The molecule has 3 aromatic rings. The summed E-state index contributed by atoms with van der Waals surface area (Å²) < 4.78 is 26.7. The molecule has 0 bridgehead atoms. The van der Waals surface area contributed by atoms with E-state index in [1.807, 2.05) is 12.1 Å². The average Bonchev–Trinajstić information content (AvgIpc) is 2.63. The van der Waals surface area contributed by atoms with Crippen LogP contribution in [-0.2, 0) is 15.4 Å². The Balaban J connectivity index is 2.09. The van der Waals surface area contributed by atoms with E-state index in [0.717, 1.165) is 4.47 Å². The largest absolute Gasteiger partial charge is 0.379 e. The average molecular weight is 417 g/mol. The molecule has 0 saturated heterocycles. The van der Waals surface area contributed by atoms with E-state index in [4.69, 9.17) is 0 Å². The molecule has 3 aromatic carbocycles. The van der Waals surface area contributed by atoms with Crippen molar-refractivity contribution >= 4 is 25.8 Å². The first-order chi connectivity index (χ1) is 11.9. The number of sulfone groups is 1. The molecule has 25 heavy (non-hydrogen) atoms. The van der Waals surface area contributed by atoms with E-state index in [2.05, 4.69) is 15.9 Å². The molecule has 0 aliphatic rings.